The normalized spacial score (nSPS) is 10.0. The van der Waals surface area contributed by atoms with Crippen LogP contribution in [0.15, 0.2) is 36.4 Å². The number of anilines is 2. The van der Waals surface area contributed by atoms with Crippen molar-refractivity contribution in [3.8, 4) is 11.5 Å². The van der Waals surface area contributed by atoms with Gasteiger partial charge in [-0.3, -0.25) is 29.8 Å². The largest absolute Gasteiger partial charge is 0.443 e. The summed E-state index contributed by atoms with van der Waals surface area (Å²) in [4.78, 5) is 43.2. The van der Waals surface area contributed by atoms with E-state index in [0.29, 0.717) is 0 Å². The lowest BCUT2D eigenvalue weighted by molar-refractivity contribution is -0.387. The fraction of sp³-hybridized carbons (Fsp3) is 0.125. The average Bonchev–Trinajstić information content (AvgIpc) is 2.56. The number of carbonyl (C=O) groups excluding carboxylic acids is 2. The number of ether oxygens (including phenoxy) is 1. The van der Waals surface area contributed by atoms with Crippen LogP contribution in [-0.4, -0.2) is 21.7 Å². The van der Waals surface area contributed by atoms with Gasteiger partial charge >= 0.3 is 11.4 Å². The molecule has 11 nitrogen and oxygen atoms in total. The molecule has 0 bridgehead atoms. The smallest absolute Gasteiger partial charge is 0.313 e. The molecule has 0 saturated heterocycles. The fourth-order valence-corrected chi connectivity index (χ4v) is 2.17. The molecule has 140 valence electrons. The molecule has 0 aliphatic rings. The Morgan fingerprint density at radius 3 is 1.48 bits per heavy atom. The van der Waals surface area contributed by atoms with E-state index in [1.165, 1.54) is 38.1 Å². The Hall–Kier alpha value is -4.02. The Morgan fingerprint density at radius 2 is 1.19 bits per heavy atom. The zero-order valence-electron chi connectivity index (χ0n) is 14.2. The summed E-state index contributed by atoms with van der Waals surface area (Å²) in [5.41, 5.74) is -0.614. The third-order valence-electron chi connectivity index (χ3n) is 3.17. The van der Waals surface area contributed by atoms with Crippen molar-refractivity contribution in [3.63, 3.8) is 0 Å². The fourth-order valence-electron chi connectivity index (χ4n) is 2.17. The predicted octanol–water partition coefficient (Wildman–Crippen LogP) is 3.21. The summed E-state index contributed by atoms with van der Waals surface area (Å²) >= 11 is 0. The zero-order valence-corrected chi connectivity index (χ0v) is 14.2. The molecule has 0 radical (unpaired) electrons. The third-order valence-corrected chi connectivity index (χ3v) is 3.17. The number of hydrogen-bond donors (Lipinski definition) is 2. The van der Waals surface area contributed by atoms with Crippen molar-refractivity contribution in [2.75, 3.05) is 10.6 Å². The molecular weight excluding hydrogens is 360 g/mol. The van der Waals surface area contributed by atoms with Crippen molar-refractivity contribution >= 4 is 34.6 Å². The molecule has 0 aromatic heterocycles. The van der Waals surface area contributed by atoms with Gasteiger partial charge < -0.3 is 15.4 Å². The molecule has 0 atom stereocenters. The van der Waals surface area contributed by atoms with Crippen molar-refractivity contribution in [2.45, 2.75) is 13.8 Å². The van der Waals surface area contributed by atoms with E-state index in [-0.39, 0.29) is 22.9 Å². The molecule has 0 aliphatic carbocycles. The third kappa shape index (κ3) is 4.98. The lowest BCUT2D eigenvalue weighted by Gasteiger charge is -2.10. The van der Waals surface area contributed by atoms with E-state index in [1.807, 2.05) is 0 Å². The molecule has 2 amide bonds. The Balaban J connectivity index is 2.43. The van der Waals surface area contributed by atoms with Crippen molar-refractivity contribution in [1.29, 1.82) is 0 Å². The molecule has 2 aromatic rings. The molecule has 0 spiro atoms. The molecule has 2 N–H and O–H groups in total. The molecule has 2 rings (SSSR count). The van der Waals surface area contributed by atoms with E-state index in [2.05, 4.69) is 10.6 Å². The number of carbonyl (C=O) groups is 2. The maximum Gasteiger partial charge on any atom is 0.313 e. The number of amides is 2. The molecule has 11 heteroatoms. The van der Waals surface area contributed by atoms with E-state index < -0.39 is 33.0 Å². The molecular formula is C16H14N4O7. The van der Waals surface area contributed by atoms with Gasteiger partial charge in [0.05, 0.1) is 9.85 Å². The van der Waals surface area contributed by atoms with Gasteiger partial charge in [-0.05, 0) is 24.3 Å². The van der Waals surface area contributed by atoms with Gasteiger partial charge in [0.15, 0.2) is 0 Å². The number of hydrogen-bond acceptors (Lipinski definition) is 7. The average molecular weight is 374 g/mol. The summed E-state index contributed by atoms with van der Waals surface area (Å²) in [5, 5.41) is 27.3. The van der Waals surface area contributed by atoms with Crippen molar-refractivity contribution in [3.05, 3.63) is 56.6 Å². The van der Waals surface area contributed by atoms with Gasteiger partial charge in [0.1, 0.15) is 0 Å². The minimum absolute atomic E-state index is 0.178. The van der Waals surface area contributed by atoms with E-state index in [1.54, 1.807) is 0 Å². The van der Waals surface area contributed by atoms with Crippen LogP contribution in [0.5, 0.6) is 11.5 Å². The van der Waals surface area contributed by atoms with Crippen LogP contribution in [0.4, 0.5) is 22.7 Å². The SMILES string of the molecule is CC(=O)Nc1ccc(Oc2ccc(NC(C)=O)cc2[N+](=O)[O-])c([N+](=O)[O-])c1. The summed E-state index contributed by atoms with van der Waals surface area (Å²) in [6, 6.07) is 7.31. The lowest BCUT2D eigenvalue weighted by atomic mass is 10.2. The first-order chi connectivity index (χ1) is 12.7. The molecule has 27 heavy (non-hydrogen) atoms. The van der Waals surface area contributed by atoms with E-state index >= 15 is 0 Å². The summed E-state index contributed by atoms with van der Waals surface area (Å²) in [7, 11) is 0. The van der Waals surface area contributed by atoms with E-state index in [4.69, 9.17) is 4.74 Å². The number of rotatable bonds is 6. The minimum Gasteiger partial charge on any atom is -0.443 e. The van der Waals surface area contributed by atoms with Gasteiger partial charge in [0.25, 0.3) is 0 Å². The standard InChI is InChI=1S/C16H14N4O7/c1-9(21)17-11-3-5-15(13(7-11)19(23)24)27-16-6-4-12(18-10(2)22)8-14(16)20(25)26/h3-8H,1-2H3,(H,17,21)(H,18,22). The number of nitrogens with one attached hydrogen (secondary N) is 2. The Labute approximate surface area is 152 Å². The molecule has 2 aromatic carbocycles. The van der Waals surface area contributed by atoms with Gasteiger partial charge in [0, 0.05) is 37.4 Å². The van der Waals surface area contributed by atoms with Crippen molar-refractivity contribution < 1.29 is 24.2 Å². The first kappa shape index (κ1) is 19.3. The molecule has 0 heterocycles. The monoisotopic (exact) mass is 374 g/mol. The summed E-state index contributed by atoms with van der Waals surface area (Å²) in [6.07, 6.45) is 0. The number of nitrogens with zero attached hydrogens (tertiary/aromatic N) is 2. The van der Waals surface area contributed by atoms with E-state index in [0.717, 1.165) is 12.1 Å². The molecule has 0 saturated carbocycles. The Kier molecular flexibility index (Phi) is 5.65. The summed E-state index contributed by atoms with van der Waals surface area (Å²) in [5.74, 6) is -1.32. The van der Waals surface area contributed by atoms with Crippen LogP contribution in [0, 0.1) is 20.2 Å². The van der Waals surface area contributed by atoms with Crippen LogP contribution in [-0.2, 0) is 9.59 Å². The summed E-state index contributed by atoms with van der Waals surface area (Å²) in [6.45, 7) is 2.49. The molecule has 0 fully saturated rings. The highest BCUT2D eigenvalue weighted by Gasteiger charge is 2.22. The van der Waals surface area contributed by atoms with Crippen molar-refractivity contribution in [1.82, 2.24) is 0 Å². The second-order valence-electron chi connectivity index (χ2n) is 5.34. The van der Waals surface area contributed by atoms with Gasteiger partial charge in [-0.2, -0.15) is 0 Å². The van der Waals surface area contributed by atoms with Crippen LogP contribution in [0.3, 0.4) is 0 Å². The number of benzene rings is 2. The summed E-state index contributed by atoms with van der Waals surface area (Å²) < 4.78 is 5.37. The highest BCUT2D eigenvalue weighted by molar-refractivity contribution is 5.90. The Morgan fingerprint density at radius 1 is 0.815 bits per heavy atom. The maximum atomic E-state index is 11.3. The van der Waals surface area contributed by atoms with Gasteiger partial charge in [0.2, 0.25) is 23.3 Å². The molecule has 0 unspecified atom stereocenters. The zero-order chi connectivity index (χ0) is 20.1. The van der Waals surface area contributed by atoms with E-state index in [9.17, 15) is 29.8 Å². The quantitative estimate of drug-likeness (QED) is 0.581. The molecule has 0 aliphatic heterocycles. The van der Waals surface area contributed by atoms with Crippen LogP contribution >= 0.6 is 0 Å². The predicted molar refractivity (Wildman–Crippen MR) is 94.9 cm³/mol. The van der Waals surface area contributed by atoms with Crippen LogP contribution in [0.1, 0.15) is 13.8 Å². The maximum absolute atomic E-state index is 11.3. The second kappa shape index (κ2) is 7.91. The lowest BCUT2D eigenvalue weighted by Crippen LogP contribution is -2.07. The Bertz CT molecular complexity index is 867. The first-order valence-corrected chi connectivity index (χ1v) is 7.47. The van der Waals surface area contributed by atoms with Crippen LogP contribution < -0.4 is 15.4 Å². The van der Waals surface area contributed by atoms with Gasteiger partial charge in [-0.1, -0.05) is 0 Å². The number of nitro groups is 2. The highest BCUT2D eigenvalue weighted by atomic mass is 16.6. The number of nitro benzene ring substituents is 2. The van der Waals surface area contributed by atoms with Crippen LogP contribution in [0.2, 0.25) is 0 Å². The minimum atomic E-state index is -0.738. The first-order valence-electron chi connectivity index (χ1n) is 7.47. The van der Waals surface area contributed by atoms with Crippen LogP contribution in [0.25, 0.3) is 0 Å². The topological polar surface area (TPSA) is 154 Å². The van der Waals surface area contributed by atoms with Gasteiger partial charge in [-0.25, -0.2) is 0 Å². The highest BCUT2D eigenvalue weighted by Crippen LogP contribution is 2.38. The van der Waals surface area contributed by atoms with Crippen molar-refractivity contribution in [2.24, 2.45) is 0 Å². The second-order valence-corrected chi connectivity index (χ2v) is 5.34. The van der Waals surface area contributed by atoms with Gasteiger partial charge in [-0.15, -0.1) is 0 Å².